The molecule has 0 aromatic heterocycles. The van der Waals surface area contributed by atoms with Crippen LogP contribution in [0.25, 0.3) is 0 Å². The molecular weight excluding hydrogens is 304 g/mol. The second kappa shape index (κ2) is 7.42. The smallest absolute Gasteiger partial charge is 0.0624 e. The Hall–Kier alpha value is 0.400. The average molecular weight is 333 g/mol. The molecule has 0 aromatic rings. The van der Waals surface area contributed by atoms with E-state index in [0.717, 1.165) is 24.8 Å². The minimum Gasteiger partial charge on any atom is -0.377 e. The Morgan fingerprint density at radius 3 is 2.16 bits per heavy atom. The molecule has 1 aliphatic carbocycles. The molecule has 0 amide bonds. The summed E-state index contributed by atoms with van der Waals surface area (Å²) >= 11 is 3.75. The molecule has 0 aromatic carbocycles. The first-order chi connectivity index (χ1) is 9.13. The third-order valence-electron chi connectivity index (χ3n) is 4.73. The molecule has 1 heterocycles. The molecule has 1 saturated heterocycles. The van der Waals surface area contributed by atoms with Crippen LogP contribution in [0.1, 0.15) is 65.2 Å². The van der Waals surface area contributed by atoms with Crippen molar-refractivity contribution in [2.24, 2.45) is 5.41 Å². The molecule has 0 radical (unpaired) electrons. The molecular formula is C16H29BrO2. The number of hydrogen-bond acceptors (Lipinski definition) is 2. The zero-order chi connectivity index (χ0) is 13.7. The van der Waals surface area contributed by atoms with Crippen LogP contribution < -0.4 is 0 Å². The van der Waals surface area contributed by atoms with Gasteiger partial charge in [-0.1, -0.05) is 41.6 Å². The first-order valence-corrected chi connectivity index (χ1v) is 9.09. The second-order valence-electron chi connectivity index (χ2n) is 6.71. The molecule has 2 unspecified atom stereocenters. The van der Waals surface area contributed by atoms with Crippen LogP contribution >= 0.6 is 15.9 Å². The fourth-order valence-electron chi connectivity index (χ4n) is 3.57. The van der Waals surface area contributed by atoms with Crippen LogP contribution in [0.5, 0.6) is 0 Å². The van der Waals surface area contributed by atoms with Gasteiger partial charge in [0.15, 0.2) is 0 Å². The van der Waals surface area contributed by atoms with Crippen molar-refractivity contribution in [3.05, 3.63) is 0 Å². The number of hydrogen-bond donors (Lipinski definition) is 0. The monoisotopic (exact) mass is 332 g/mol. The Morgan fingerprint density at radius 2 is 1.63 bits per heavy atom. The van der Waals surface area contributed by atoms with E-state index in [-0.39, 0.29) is 0 Å². The number of alkyl halides is 1. The van der Waals surface area contributed by atoms with E-state index in [2.05, 4.69) is 29.8 Å². The molecule has 2 atom stereocenters. The van der Waals surface area contributed by atoms with Gasteiger partial charge in [-0.05, 0) is 39.5 Å². The summed E-state index contributed by atoms with van der Waals surface area (Å²) < 4.78 is 12.1. The summed E-state index contributed by atoms with van der Waals surface area (Å²) in [5.41, 5.74) is 0.390. The summed E-state index contributed by atoms with van der Waals surface area (Å²) in [7, 11) is 0. The molecule has 0 N–H and O–H groups in total. The van der Waals surface area contributed by atoms with Crippen molar-refractivity contribution in [2.75, 3.05) is 11.9 Å². The van der Waals surface area contributed by atoms with Crippen LogP contribution in [0.15, 0.2) is 0 Å². The topological polar surface area (TPSA) is 18.5 Å². The number of rotatable bonds is 4. The number of halogens is 1. The fourth-order valence-corrected chi connectivity index (χ4v) is 4.29. The maximum atomic E-state index is 6.30. The summed E-state index contributed by atoms with van der Waals surface area (Å²) in [5.74, 6) is 0. The molecule has 3 heteroatoms. The Bertz CT molecular complexity index is 251. The van der Waals surface area contributed by atoms with Gasteiger partial charge in [0.05, 0.1) is 24.9 Å². The van der Waals surface area contributed by atoms with Gasteiger partial charge in [-0.3, -0.25) is 0 Å². The minimum absolute atomic E-state index is 0.350. The van der Waals surface area contributed by atoms with Gasteiger partial charge in [-0.25, -0.2) is 0 Å². The zero-order valence-corrected chi connectivity index (χ0v) is 14.1. The van der Waals surface area contributed by atoms with Crippen LogP contribution in [0, 0.1) is 5.41 Å². The van der Waals surface area contributed by atoms with Gasteiger partial charge in [0, 0.05) is 10.7 Å². The largest absolute Gasteiger partial charge is 0.377 e. The summed E-state index contributed by atoms with van der Waals surface area (Å²) in [6, 6.07) is 0. The van der Waals surface area contributed by atoms with E-state index in [1.807, 2.05) is 0 Å². The molecule has 2 nitrogen and oxygen atoms in total. The zero-order valence-electron chi connectivity index (χ0n) is 12.5. The van der Waals surface area contributed by atoms with E-state index in [1.54, 1.807) is 0 Å². The summed E-state index contributed by atoms with van der Waals surface area (Å²) in [4.78, 5) is 0. The van der Waals surface area contributed by atoms with Gasteiger partial charge in [0.1, 0.15) is 0 Å². The van der Waals surface area contributed by atoms with Crippen molar-refractivity contribution in [2.45, 2.75) is 83.5 Å². The fraction of sp³-hybridized carbons (Fsp3) is 1.00. The molecule has 112 valence electrons. The maximum absolute atomic E-state index is 6.30. The molecule has 0 bridgehead atoms. The predicted octanol–water partition coefficient (Wildman–Crippen LogP) is 4.69. The summed E-state index contributed by atoms with van der Waals surface area (Å²) in [5, 5.41) is 1.09. The van der Waals surface area contributed by atoms with Crippen molar-refractivity contribution in [3.63, 3.8) is 0 Å². The molecule has 2 fully saturated rings. The highest BCUT2D eigenvalue weighted by molar-refractivity contribution is 9.09. The van der Waals surface area contributed by atoms with E-state index in [9.17, 15) is 0 Å². The van der Waals surface area contributed by atoms with Crippen LogP contribution in [0.3, 0.4) is 0 Å². The van der Waals surface area contributed by atoms with E-state index < -0.39 is 0 Å². The summed E-state index contributed by atoms with van der Waals surface area (Å²) in [6.45, 7) is 5.26. The maximum Gasteiger partial charge on any atom is 0.0624 e. The van der Waals surface area contributed by atoms with Gasteiger partial charge in [-0.15, -0.1) is 0 Å². The molecule has 0 spiro atoms. The first kappa shape index (κ1) is 15.8. The predicted molar refractivity (Wildman–Crippen MR) is 82.9 cm³/mol. The Balaban J connectivity index is 1.84. The van der Waals surface area contributed by atoms with Crippen molar-refractivity contribution in [1.82, 2.24) is 0 Å². The highest BCUT2D eigenvalue weighted by atomic mass is 79.9. The lowest BCUT2D eigenvalue weighted by Crippen LogP contribution is -2.37. The van der Waals surface area contributed by atoms with Gasteiger partial charge in [0.25, 0.3) is 0 Å². The van der Waals surface area contributed by atoms with Crippen LogP contribution in [0.4, 0.5) is 0 Å². The van der Waals surface area contributed by atoms with Crippen LogP contribution in [-0.2, 0) is 9.47 Å². The summed E-state index contributed by atoms with van der Waals surface area (Å²) in [6.07, 6.45) is 11.4. The Kier molecular flexibility index (Phi) is 6.16. The van der Waals surface area contributed by atoms with Crippen LogP contribution in [0.2, 0.25) is 0 Å². The average Bonchev–Trinajstić information content (AvgIpc) is 2.61. The first-order valence-electron chi connectivity index (χ1n) is 7.96. The SMILES string of the molecule is CC1CC(OCC2(CBr)CCCCCC2)CC(C)O1. The lowest BCUT2D eigenvalue weighted by Gasteiger charge is -2.36. The van der Waals surface area contributed by atoms with Gasteiger partial charge < -0.3 is 9.47 Å². The third kappa shape index (κ3) is 4.71. The number of ether oxygens (including phenoxy) is 2. The van der Waals surface area contributed by atoms with Crippen molar-refractivity contribution in [1.29, 1.82) is 0 Å². The highest BCUT2D eigenvalue weighted by Crippen LogP contribution is 2.38. The minimum atomic E-state index is 0.350. The highest BCUT2D eigenvalue weighted by Gasteiger charge is 2.33. The quantitative estimate of drug-likeness (QED) is 0.549. The van der Waals surface area contributed by atoms with Crippen LogP contribution in [-0.4, -0.2) is 30.2 Å². The molecule has 19 heavy (non-hydrogen) atoms. The van der Waals surface area contributed by atoms with Crippen molar-refractivity contribution < 1.29 is 9.47 Å². The molecule has 2 aliphatic rings. The van der Waals surface area contributed by atoms with E-state index in [0.29, 0.717) is 23.7 Å². The molecule has 2 rings (SSSR count). The van der Waals surface area contributed by atoms with Gasteiger partial charge in [-0.2, -0.15) is 0 Å². The second-order valence-corrected chi connectivity index (χ2v) is 7.27. The normalized spacial score (nSPS) is 35.8. The van der Waals surface area contributed by atoms with Gasteiger partial charge >= 0.3 is 0 Å². The van der Waals surface area contributed by atoms with Crippen molar-refractivity contribution >= 4 is 15.9 Å². The third-order valence-corrected chi connectivity index (χ3v) is 5.92. The molecule has 1 saturated carbocycles. The molecule has 1 aliphatic heterocycles. The van der Waals surface area contributed by atoms with E-state index in [4.69, 9.17) is 9.47 Å². The lowest BCUT2D eigenvalue weighted by atomic mass is 9.83. The van der Waals surface area contributed by atoms with Crippen molar-refractivity contribution in [3.8, 4) is 0 Å². The van der Waals surface area contributed by atoms with E-state index in [1.165, 1.54) is 38.5 Å². The lowest BCUT2D eigenvalue weighted by molar-refractivity contribution is -0.115. The van der Waals surface area contributed by atoms with E-state index >= 15 is 0 Å². The standard InChI is InChI=1S/C16H29BrO2/c1-13-9-15(10-14(2)19-13)18-12-16(11-17)7-5-3-4-6-8-16/h13-15H,3-12H2,1-2H3. The Morgan fingerprint density at radius 1 is 1.05 bits per heavy atom. The Labute approximate surface area is 126 Å². The van der Waals surface area contributed by atoms with Gasteiger partial charge in [0.2, 0.25) is 0 Å².